The number of carboxylic acids is 1. The first kappa shape index (κ1) is 12.9. The maximum atomic E-state index is 11.4. The zero-order valence-corrected chi connectivity index (χ0v) is 10.8. The summed E-state index contributed by atoms with van der Waals surface area (Å²) in [5.41, 5.74) is 1.27. The maximum absolute atomic E-state index is 11.4. The Morgan fingerprint density at radius 3 is 1.72 bits per heavy atom. The summed E-state index contributed by atoms with van der Waals surface area (Å²) in [4.78, 5) is 11.4. The number of halogens is 2. The Bertz CT molecular complexity index is 536. The highest BCUT2D eigenvalue weighted by molar-refractivity contribution is 6.31. The van der Waals surface area contributed by atoms with E-state index in [0.29, 0.717) is 21.2 Å². The minimum Gasteiger partial charge on any atom is -0.481 e. The van der Waals surface area contributed by atoms with Crippen LogP contribution in [0.5, 0.6) is 0 Å². The normalized spacial score (nSPS) is 10.6. The average molecular weight is 281 g/mol. The van der Waals surface area contributed by atoms with E-state index in [2.05, 4.69) is 0 Å². The zero-order valence-electron chi connectivity index (χ0n) is 9.31. The number of hydrogen-bond donors (Lipinski definition) is 1. The van der Waals surface area contributed by atoms with Gasteiger partial charge in [-0.15, -0.1) is 0 Å². The highest BCUT2D eigenvalue weighted by Crippen LogP contribution is 2.28. The van der Waals surface area contributed by atoms with E-state index < -0.39 is 11.9 Å². The SMILES string of the molecule is O=C(O)C(c1cccc(Cl)c1)c1cccc(Cl)c1. The van der Waals surface area contributed by atoms with Gasteiger partial charge in [-0.25, -0.2) is 0 Å². The van der Waals surface area contributed by atoms with Crippen LogP contribution in [0.4, 0.5) is 0 Å². The van der Waals surface area contributed by atoms with Crippen LogP contribution in [-0.2, 0) is 4.79 Å². The first-order chi connectivity index (χ1) is 8.58. The molecule has 0 saturated carbocycles. The highest BCUT2D eigenvalue weighted by atomic mass is 35.5. The molecule has 1 N–H and O–H groups in total. The fourth-order valence-corrected chi connectivity index (χ4v) is 2.25. The van der Waals surface area contributed by atoms with Crippen molar-refractivity contribution in [3.05, 3.63) is 69.7 Å². The van der Waals surface area contributed by atoms with Crippen LogP contribution in [-0.4, -0.2) is 11.1 Å². The lowest BCUT2D eigenvalue weighted by Crippen LogP contribution is -2.13. The molecule has 92 valence electrons. The van der Waals surface area contributed by atoms with Crippen molar-refractivity contribution < 1.29 is 9.90 Å². The second-order valence-electron chi connectivity index (χ2n) is 3.88. The van der Waals surface area contributed by atoms with Gasteiger partial charge in [-0.3, -0.25) is 4.79 Å². The molecule has 4 heteroatoms. The van der Waals surface area contributed by atoms with Crippen molar-refractivity contribution in [2.75, 3.05) is 0 Å². The lowest BCUT2D eigenvalue weighted by Gasteiger charge is -2.13. The van der Waals surface area contributed by atoms with E-state index in [-0.39, 0.29) is 0 Å². The molecule has 18 heavy (non-hydrogen) atoms. The van der Waals surface area contributed by atoms with Gasteiger partial charge in [-0.05, 0) is 35.4 Å². The summed E-state index contributed by atoms with van der Waals surface area (Å²) in [6.07, 6.45) is 0. The van der Waals surface area contributed by atoms with Crippen LogP contribution < -0.4 is 0 Å². The molecule has 0 aliphatic rings. The smallest absolute Gasteiger partial charge is 0.315 e. The molecule has 0 saturated heterocycles. The Labute approximate surface area is 115 Å². The fraction of sp³-hybridized carbons (Fsp3) is 0.0714. The van der Waals surface area contributed by atoms with Crippen LogP contribution >= 0.6 is 23.2 Å². The third kappa shape index (κ3) is 2.84. The molecule has 0 unspecified atom stereocenters. The number of carboxylic acid groups (broad SMARTS) is 1. The van der Waals surface area contributed by atoms with Crippen molar-refractivity contribution in [2.24, 2.45) is 0 Å². The van der Waals surface area contributed by atoms with E-state index in [1.165, 1.54) is 0 Å². The van der Waals surface area contributed by atoms with Gasteiger partial charge >= 0.3 is 5.97 Å². The molecule has 0 aliphatic heterocycles. The Morgan fingerprint density at radius 1 is 0.944 bits per heavy atom. The lowest BCUT2D eigenvalue weighted by atomic mass is 9.91. The molecule has 2 aromatic rings. The zero-order chi connectivity index (χ0) is 13.1. The summed E-state index contributed by atoms with van der Waals surface area (Å²) in [6, 6.07) is 13.7. The van der Waals surface area contributed by atoms with Gasteiger partial charge in [0.15, 0.2) is 0 Å². The molecule has 2 nitrogen and oxygen atoms in total. The Kier molecular flexibility index (Phi) is 3.90. The first-order valence-electron chi connectivity index (χ1n) is 5.31. The molecule has 0 aromatic heterocycles. The van der Waals surface area contributed by atoms with E-state index >= 15 is 0 Å². The summed E-state index contributed by atoms with van der Waals surface area (Å²) in [5.74, 6) is -1.69. The predicted octanol–water partition coefficient (Wildman–Crippen LogP) is 4.21. The van der Waals surface area contributed by atoms with E-state index in [4.69, 9.17) is 23.2 Å². The monoisotopic (exact) mass is 280 g/mol. The van der Waals surface area contributed by atoms with Crippen molar-refractivity contribution in [1.82, 2.24) is 0 Å². The minimum absolute atomic E-state index is 0.515. The number of aliphatic carboxylic acids is 1. The summed E-state index contributed by atoms with van der Waals surface area (Å²) < 4.78 is 0. The predicted molar refractivity (Wildman–Crippen MR) is 72.4 cm³/mol. The van der Waals surface area contributed by atoms with Crippen LogP contribution in [0.1, 0.15) is 17.0 Å². The summed E-state index contributed by atoms with van der Waals surface area (Å²) in [7, 11) is 0. The molecule has 0 amide bonds. The van der Waals surface area contributed by atoms with E-state index in [9.17, 15) is 9.90 Å². The van der Waals surface area contributed by atoms with Gasteiger partial charge in [0, 0.05) is 10.0 Å². The van der Waals surface area contributed by atoms with Crippen molar-refractivity contribution in [2.45, 2.75) is 5.92 Å². The third-order valence-corrected chi connectivity index (χ3v) is 3.08. The second kappa shape index (κ2) is 5.42. The van der Waals surface area contributed by atoms with Crippen LogP contribution in [0, 0.1) is 0 Å². The number of carbonyl (C=O) groups is 1. The van der Waals surface area contributed by atoms with Gasteiger partial charge in [0.25, 0.3) is 0 Å². The van der Waals surface area contributed by atoms with E-state index in [1.54, 1.807) is 48.5 Å². The molecule has 0 spiro atoms. The van der Waals surface area contributed by atoms with Gasteiger partial charge < -0.3 is 5.11 Å². The van der Waals surface area contributed by atoms with Crippen molar-refractivity contribution in [3.8, 4) is 0 Å². The van der Waals surface area contributed by atoms with Gasteiger partial charge in [0.1, 0.15) is 5.92 Å². The summed E-state index contributed by atoms with van der Waals surface area (Å²) >= 11 is 11.8. The van der Waals surface area contributed by atoms with E-state index in [1.807, 2.05) is 0 Å². The van der Waals surface area contributed by atoms with E-state index in [0.717, 1.165) is 0 Å². The molecule has 0 bridgehead atoms. The van der Waals surface area contributed by atoms with Gasteiger partial charge in [-0.2, -0.15) is 0 Å². The number of hydrogen-bond acceptors (Lipinski definition) is 1. The van der Waals surface area contributed by atoms with Crippen molar-refractivity contribution in [1.29, 1.82) is 0 Å². The quantitative estimate of drug-likeness (QED) is 0.915. The second-order valence-corrected chi connectivity index (χ2v) is 4.75. The fourth-order valence-electron chi connectivity index (χ4n) is 1.85. The Hall–Kier alpha value is -1.51. The Morgan fingerprint density at radius 2 is 1.39 bits per heavy atom. The molecule has 0 atom stereocenters. The van der Waals surface area contributed by atoms with Gasteiger partial charge in [0.2, 0.25) is 0 Å². The molecule has 2 rings (SSSR count). The minimum atomic E-state index is -0.931. The van der Waals surface area contributed by atoms with Crippen molar-refractivity contribution >= 4 is 29.2 Å². The molecular formula is C14H10Cl2O2. The molecule has 2 aromatic carbocycles. The highest BCUT2D eigenvalue weighted by Gasteiger charge is 2.22. The molecule has 0 fully saturated rings. The molecule has 0 radical (unpaired) electrons. The summed E-state index contributed by atoms with van der Waals surface area (Å²) in [6.45, 7) is 0. The van der Waals surface area contributed by atoms with Crippen LogP contribution in [0.15, 0.2) is 48.5 Å². The Balaban J connectivity index is 2.50. The standard InChI is InChI=1S/C14H10Cl2O2/c15-11-5-1-3-9(7-11)13(14(17)18)10-4-2-6-12(16)8-10/h1-8,13H,(H,17,18). The number of rotatable bonds is 3. The van der Waals surface area contributed by atoms with Crippen LogP contribution in [0.3, 0.4) is 0 Å². The molecule has 0 heterocycles. The van der Waals surface area contributed by atoms with Crippen molar-refractivity contribution in [3.63, 3.8) is 0 Å². The maximum Gasteiger partial charge on any atom is 0.315 e. The summed E-state index contributed by atoms with van der Waals surface area (Å²) in [5, 5.41) is 10.4. The lowest BCUT2D eigenvalue weighted by molar-refractivity contribution is -0.137. The van der Waals surface area contributed by atoms with Crippen LogP contribution in [0.2, 0.25) is 10.0 Å². The van der Waals surface area contributed by atoms with Gasteiger partial charge in [0.05, 0.1) is 0 Å². The van der Waals surface area contributed by atoms with Crippen LogP contribution in [0.25, 0.3) is 0 Å². The topological polar surface area (TPSA) is 37.3 Å². The largest absolute Gasteiger partial charge is 0.481 e. The molecular weight excluding hydrogens is 271 g/mol. The molecule has 0 aliphatic carbocycles. The third-order valence-electron chi connectivity index (χ3n) is 2.61. The number of benzene rings is 2. The first-order valence-corrected chi connectivity index (χ1v) is 6.07. The van der Waals surface area contributed by atoms with Gasteiger partial charge in [-0.1, -0.05) is 47.5 Å². The average Bonchev–Trinajstić information content (AvgIpc) is 2.28.